The molecule has 10 nitrogen and oxygen atoms in total. The van der Waals surface area contributed by atoms with Crippen molar-refractivity contribution in [1.82, 2.24) is 20.4 Å². The zero-order valence-corrected chi connectivity index (χ0v) is 26.9. The number of benzene rings is 2. The number of ether oxygens (including phenoxy) is 2. The van der Waals surface area contributed by atoms with Crippen molar-refractivity contribution in [3.63, 3.8) is 0 Å². The van der Waals surface area contributed by atoms with Crippen molar-refractivity contribution in [3.05, 3.63) is 65.7 Å². The van der Waals surface area contributed by atoms with Gasteiger partial charge in [-0.1, -0.05) is 56.3 Å². The lowest BCUT2D eigenvalue weighted by molar-refractivity contribution is -0.148. The molecular weight excluding hydrogens is 560 g/mol. The third kappa shape index (κ3) is 10.6. The summed E-state index contributed by atoms with van der Waals surface area (Å²) in [6, 6.07) is 15.5. The number of amides is 4. The molecule has 44 heavy (non-hydrogen) atoms. The summed E-state index contributed by atoms with van der Waals surface area (Å²) in [5, 5.41) is 5.76. The van der Waals surface area contributed by atoms with E-state index in [0.29, 0.717) is 38.1 Å². The lowest BCUT2D eigenvalue weighted by Crippen LogP contribution is -2.58. The molecule has 0 aromatic heterocycles. The highest BCUT2D eigenvalue weighted by Crippen LogP contribution is 2.22. The molecule has 1 heterocycles. The standard InChI is InChI=1S/C34H48N4O6/c1-24(2)30-31(40)36-28(14-10-11-20-35-33(42)44-34(3,4)5)32(41)37(22-25-12-8-7-9-13-25)21-19-29(39)38(30)23-26-15-17-27(43-6)18-16-26/h7-9,12-13,15-18,24,28,30H,10-11,14,19-23H2,1-6H3,(H,35,42)(H,36,40)/t28?,30-/m0/s1. The van der Waals surface area contributed by atoms with Gasteiger partial charge in [-0.05, 0) is 69.2 Å². The SMILES string of the molecule is COc1ccc(CN2C(=O)CCN(Cc3ccccc3)C(=O)C(CCCCNC(=O)OC(C)(C)C)NC(=O)[C@@H]2C(C)C)cc1. The summed E-state index contributed by atoms with van der Waals surface area (Å²) in [5.41, 5.74) is 1.22. The minimum atomic E-state index is -0.773. The van der Waals surface area contributed by atoms with Crippen molar-refractivity contribution in [3.8, 4) is 5.75 Å². The Bertz CT molecular complexity index is 1240. The third-order valence-electron chi connectivity index (χ3n) is 7.39. The van der Waals surface area contributed by atoms with Crippen molar-refractivity contribution in [2.75, 3.05) is 20.2 Å². The van der Waals surface area contributed by atoms with Crippen LogP contribution in [0.15, 0.2) is 54.6 Å². The molecule has 1 unspecified atom stereocenters. The van der Waals surface area contributed by atoms with E-state index in [-0.39, 0.29) is 43.1 Å². The normalized spacial score (nSPS) is 18.2. The quantitative estimate of drug-likeness (QED) is 0.359. The van der Waals surface area contributed by atoms with Gasteiger partial charge in [0.25, 0.3) is 0 Å². The molecule has 1 aliphatic heterocycles. The molecular formula is C34H48N4O6. The number of hydrogen-bond acceptors (Lipinski definition) is 6. The van der Waals surface area contributed by atoms with Crippen LogP contribution in [0.4, 0.5) is 4.79 Å². The van der Waals surface area contributed by atoms with Crippen LogP contribution in [0.3, 0.4) is 0 Å². The van der Waals surface area contributed by atoms with Crippen LogP contribution in [-0.4, -0.2) is 71.5 Å². The van der Waals surface area contributed by atoms with Crippen LogP contribution in [0.2, 0.25) is 0 Å². The van der Waals surface area contributed by atoms with Crippen LogP contribution in [0.1, 0.15) is 71.4 Å². The van der Waals surface area contributed by atoms with E-state index in [0.717, 1.165) is 11.1 Å². The molecule has 0 saturated carbocycles. The van der Waals surface area contributed by atoms with Gasteiger partial charge in [-0.15, -0.1) is 0 Å². The second kappa shape index (κ2) is 16.1. The van der Waals surface area contributed by atoms with Crippen molar-refractivity contribution in [2.24, 2.45) is 5.92 Å². The predicted molar refractivity (Wildman–Crippen MR) is 169 cm³/mol. The number of nitrogens with one attached hydrogen (secondary N) is 2. The fourth-order valence-electron chi connectivity index (χ4n) is 5.23. The molecule has 2 aromatic rings. The number of unbranched alkanes of at least 4 members (excludes halogenated alkanes) is 1. The van der Waals surface area contributed by atoms with Gasteiger partial charge in [0.15, 0.2) is 0 Å². The zero-order chi connectivity index (χ0) is 32.3. The fourth-order valence-corrected chi connectivity index (χ4v) is 5.23. The molecule has 240 valence electrons. The topological polar surface area (TPSA) is 117 Å². The molecule has 2 N–H and O–H groups in total. The van der Waals surface area contributed by atoms with E-state index in [2.05, 4.69) is 10.6 Å². The van der Waals surface area contributed by atoms with Gasteiger partial charge < -0.3 is 29.9 Å². The smallest absolute Gasteiger partial charge is 0.407 e. The molecule has 0 aliphatic carbocycles. The number of carbonyl (C=O) groups excluding carboxylic acids is 4. The minimum Gasteiger partial charge on any atom is -0.497 e. The average molecular weight is 609 g/mol. The first-order valence-corrected chi connectivity index (χ1v) is 15.4. The molecule has 0 radical (unpaired) electrons. The van der Waals surface area contributed by atoms with E-state index in [1.54, 1.807) is 37.7 Å². The number of carbonyl (C=O) groups is 4. The van der Waals surface area contributed by atoms with Crippen molar-refractivity contribution in [2.45, 2.75) is 91.1 Å². The maximum atomic E-state index is 13.9. The summed E-state index contributed by atoms with van der Waals surface area (Å²) in [6.45, 7) is 10.4. The lowest BCUT2D eigenvalue weighted by Gasteiger charge is -2.37. The van der Waals surface area contributed by atoms with Gasteiger partial charge in [-0.3, -0.25) is 14.4 Å². The average Bonchev–Trinajstić information content (AvgIpc) is 2.97. The molecule has 0 spiro atoms. The summed E-state index contributed by atoms with van der Waals surface area (Å²) in [7, 11) is 1.60. The highest BCUT2D eigenvalue weighted by Gasteiger charge is 2.37. The maximum absolute atomic E-state index is 13.9. The first-order chi connectivity index (χ1) is 20.9. The van der Waals surface area contributed by atoms with Gasteiger partial charge in [0.2, 0.25) is 17.7 Å². The Kier molecular flexibility index (Phi) is 12.6. The van der Waals surface area contributed by atoms with E-state index in [1.165, 1.54) is 0 Å². The monoisotopic (exact) mass is 608 g/mol. The van der Waals surface area contributed by atoms with Gasteiger partial charge in [0.1, 0.15) is 23.4 Å². The van der Waals surface area contributed by atoms with Gasteiger partial charge in [-0.2, -0.15) is 0 Å². The molecule has 2 aromatic carbocycles. The molecule has 3 rings (SSSR count). The van der Waals surface area contributed by atoms with Gasteiger partial charge in [-0.25, -0.2) is 4.79 Å². The number of alkyl carbamates (subject to hydrolysis) is 1. The van der Waals surface area contributed by atoms with Crippen molar-refractivity contribution < 1.29 is 28.7 Å². The fraction of sp³-hybridized carbons (Fsp3) is 0.529. The maximum Gasteiger partial charge on any atom is 0.407 e. The Morgan fingerprint density at radius 3 is 2.25 bits per heavy atom. The molecule has 1 fully saturated rings. The summed E-state index contributed by atoms with van der Waals surface area (Å²) in [4.78, 5) is 56.9. The second-order valence-electron chi connectivity index (χ2n) is 12.5. The summed E-state index contributed by atoms with van der Waals surface area (Å²) >= 11 is 0. The molecule has 4 amide bonds. The van der Waals surface area contributed by atoms with Gasteiger partial charge in [0, 0.05) is 32.6 Å². The zero-order valence-electron chi connectivity index (χ0n) is 26.9. The van der Waals surface area contributed by atoms with Crippen LogP contribution in [0, 0.1) is 5.92 Å². The second-order valence-corrected chi connectivity index (χ2v) is 12.5. The Balaban J connectivity index is 1.82. The van der Waals surface area contributed by atoms with Gasteiger partial charge in [0.05, 0.1) is 7.11 Å². The van der Waals surface area contributed by atoms with Crippen molar-refractivity contribution >= 4 is 23.8 Å². The Labute approximate surface area is 261 Å². The first-order valence-electron chi connectivity index (χ1n) is 15.4. The Morgan fingerprint density at radius 2 is 1.64 bits per heavy atom. The number of nitrogens with zero attached hydrogens (tertiary/aromatic N) is 2. The van der Waals surface area contributed by atoms with Crippen LogP contribution in [0.25, 0.3) is 0 Å². The summed E-state index contributed by atoms with van der Waals surface area (Å²) in [5.74, 6) is -0.244. The summed E-state index contributed by atoms with van der Waals surface area (Å²) < 4.78 is 10.6. The third-order valence-corrected chi connectivity index (χ3v) is 7.39. The largest absolute Gasteiger partial charge is 0.497 e. The van der Waals surface area contributed by atoms with E-state index in [9.17, 15) is 19.2 Å². The van der Waals surface area contributed by atoms with E-state index < -0.39 is 23.8 Å². The van der Waals surface area contributed by atoms with Crippen LogP contribution < -0.4 is 15.4 Å². The Morgan fingerprint density at radius 1 is 0.977 bits per heavy atom. The van der Waals surface area contributed by atoms with E-state index in [1.807, 2.05) is 68.4 Å². The number of hydrogen-bond donors (Lipinski definition) is 2. The van der Waals surface area contributed by atoms with Crippen molar-refractivity contribution in [1.29, 1.82) is 0 Å². The lowest BCUT2D eigenvalue weighted by atomic mass is 9.97. The molecule has 10 heteroatoms. The highest BCUT2D eigenvalue weighted by atomic mass is 16.6. The number of rotatable bonds is 11. The summed E-state index contributed by atoms with van der Waals surface area (Å²) in [6.07, 6.45) is 1.19. The molecule has 1 aliphatic rings. The minimum absolute atomic E-state index is 0.0950. The molecule has 1 saturated heterocycles. The van der Waals surface area contributed by atoms with E-state index >= 15 is 0 Å². The van der Waals surface area contributed by atoms with Gasteiger partial charge >= 0.3 is 6.09 Å². The molecule has 2 atom stereocenters. The highest BCUT2D eigenvalue weighted by molar-refractivity contribution is 5.93. The van der Waals surface area contributed by atoms with Crippen LogP contribution in [-0.2, 0) is 32.2 Å². The Hall–Kier alpha value is -4.08. The molecule has 0 bridgehead atoms. The first kappa shape index (κ1) is 34.4. The predicted octanol–water partition coefficient (Wildman–Crippen LogP) is 4.66. The van der Waals surface area contributed by atoms with Crippen LogP contribution >= 0.6 is 0 Å². The number of methoxy groups -OCH3 is 1. The van der Waals surface area contributed by atoms with Crippen LogP contribution in [0.5, 0.6) is 5.75 Å². The van der Waals surface area contributed by atoms with E-state index in [4.69, 9.17) is 9.47 Å².